The molecule has 0 N–H and O–H groups in total. The van der Waals surface area contributed by atoms with E-state index in [1.165, 1.54) is 7.11 Å². The highest BCUT2D eigenvalue weighted by Crippen LogP contribution is 2.39. The fraction of sp³-hybridized carbons (Fsp3) is 0.429. The SMILES string of the molecule is COC(=O)C1CC(C)N(C(=O)CCl)c2ccccc21. The smallest absolute Gasteiger partial charge is 0.313 e. The lowest BCUT2D eigenvalue weighted by molar-refractivity contribution is -0.143. The molecule has 2 unspecified atom stereocenters. The summed E-state index contributed by atoms with van der Waals surface area (Å²) in [4.78, 5) is 25.5. The van der Waals surface area contributed by atoms with Gasteiger partial charge in [-0.15, -0.1) is 11.6 Å². The molecule has 0 aliphatic carbocycles. The molecule has 0 saturated heterocycles. The Labute approximate surface area is 117 Å². The Morgan fingerprint density at radius 3 is 2.74 bits per heavy atom. The predicted octanol–water partition coefficient (Wildman–Crippen LogP) is 2.31. The molecule has 1 heterocycles. The number of fused-ring (bicyclic) bond motifs is 1. The number of alkyl halides is 1. The minimum atomic E-state index is -0.324. The number of ether oxygens (including phenoxy) is 1. The average molecular weight is 282 g/mol. The van der Waals surface area contributed by atoms with Gasteiger partial charge in [-0.2, -0.15) is 0 Å². The molecule has 5 heteroatoms. The van der Waals surface area contributed by atoms with E-state index < -0.39 is 0 Å². The van der Waals surface area contributed by atoms with Gasteiger partial charge in [-0.25, -0.2) is 0 Å². The molecular formula is C14H16ClNO3. The zero-order valence-electron chi connectivity index (χ0n) is 10.9. The van der Waals surface area contributed by atoms with Crippen molar-refractivity contribution in [1.29, 1.82) is 0 Å². The quantitative estimate of drug-likeness (QED) is 0.617. The number of carbonyl (C=O) groups excluding carboxylic acids is 2. The van der Waals surface area contributed by atoms with E-state index in [1.54, 1.807) is 4.90 Å². The number of para-hydroxylation sites is 1. The van der Waals surface area contributed by atoms with E-state index in [0.29, 0.717) is 6.42 Å². The van der Waals surface area contributed by atoms with Crippen LogP contribution in [0.5, 0.6) is 0 Å². The summed E-state index contributed by atoms with van der Waals surface area (Å²) in [7, 11) is 1.38. The number of amides is 1. The van der Waals surface area contributed by atoms with Crippen LogP contribution in [0, 0.1) is 0 Å². The van der Waals surface area contributed by atoms with E-state index in [-0.39, 0.29) is 29.7 Å². The monoisotopic (exact) mass is 281 g/mol. The molecular weight excluding hydrogens is 266 g/mol. The van der Waals surface area contributed by atoms with Crippen LogP contribution in [-0.4, -0.2) is 30.9 Å². The number of nitrogens with zero attached hydrogens (tertiary/aromatic N) is 1. The fourth-order valence-electron chi connectivity index (χ4n) is 2.62. The molecule has 0 fully saturated rings. The highest BCUT2D eigenvalue weighted by molar-refractivity contribution is 6.29. The third-order valence-electron chi connectivity index (χ3n) is 3.46. The second kappa shape index (κ2) is 5.61. The van der Waals surface area contributed by atoms with Crippen molar-refractivity contribution in [3.05, 3.63) is 29.8 Å². The van der Waals surface area contributed by atoms with Gasteiger partial charge < -0.3 is 9.64 Å². The number of esters is 1. The van der Waals surface area contributed by atoms with Crippen molar-refractivity contribution >= 4 is 29.2 Å². The van der Waals surface area contributed by atoms with Crippen LogP contribution in [-0.2, 0) is 14.3 Å². The largest absolute Gasteiger partial charge is 0.469 e. The maximum absolute atomic E-state index is 12.0. The summed E-state index contributed by atoms with van der Waals surface area (Å²) in [5.74, 6) is -0.806. The zero-order valence-corrected chi connectivity index (χ0v) is 11.7. The van der Waals surface area contributed by atoms with Gasteiger partial charge in [0.2, 0.25) is 5.91 Å². The summed E-state index contributed by atoms with van der Waals surface area (Å²) < 4.78 is 4.85. The number of benzene rings is 1. The first-order valence-electron chi connectivity index (χ1n) is 6.15. The second-order valence-corrected chi connectivity index (χ2v) is 4.88. The second-order valence-electron chi connectivity index (χ2n) is 4.62. The topological polar surface area (TPSA) is 46.6 Å². The van der Waals surface area contributed by atoms with E-state index in [9.17, 15) is 9.59 Å². The highest BCUT2D eigenvalue weighted by atomic mass is 35.5. The molecule has 0 saturated carbocycles. The molecule has 2 rings (SSSR count). The van der Waals surface area contributed by atoms with E-state index >= 15 is 0 Å². The Bertz CT molecular complexity index is 503. The molecule has 1 aliphatic heterocycles. The van der Waals surface area contributed by atoms with Crippen molar-refractivity contribution in [1.82, 2.24) is 0 Å². The minimum absolute atomic E-state index is 0.0679. The third kappa shape index (κ3) is 2.45. The molecule has 1 aliphatic rings. The number of anilines is 1. The maximum Gasteiger partial charge on any atom is 0.313 e. The van der Waals surface area contributed by atoms with Crippen LogP contribution >= 0.6 is 11.6 Å². The molecule has 102 valence electrons. The van der Waals surface area contributed by atoms with Crippen molar-refractivity contribution in [3.8, 4) is 0 Å². The summed E-state index contributed by atoms with van der Waals surface area (Å²) >= 11 is 5.66. The van der Waals surface area contributed by atoms with Gasteiger partial charge in [0.15, 0.2) is 0 Å². The maximum atomic E-state index is 12.0. The molecule has 0 bridgehead atoms. The first-order valence-corrected chi connectivity index (χ1v) is 6.68. The highest BCUT2D eigenvalue weighted by Gasteiger charge is 2.36. The van der Waals surface area contributed by atoms with Crippen molar-refractivity contribution in [2.24, 2.45) is 0 Å². The number of rotatable bonds is 2. The van der Waals surface area contributed by atoms with E-state index in [2.05, 4.69) is 0 Å². The van der Waals surface area contributed by atoms with Gasteiger partial charge in [-0.05, 0) is 25.0 Å². The van der Waals surface area contributed by atoms with Crippen LogP contribution in [0.3, 0.4) is 0 Å². The van der Waals surface area contributed by atoms with Gasteiger partial charge >= 0.3 is 5.97 Å². The number of hydrogen-bond acceptors (Lipinski definition) is 3. The van der Waals surface area contributed by atoms with Crippen LogP contribution in [0.25, 0.3) is 0 Å². The van der Waals surface area contributed by atoms with Crippen LogP contribution in [0.15, 0.2) is 24.3 Å². The fourth-order valence-corrected chi connectivity index (χ4v) is 2.75. The molecule has 19 heavy (non-hydrogen) atoms. The van der Waals surface area contributed by atoms with Crippen molar-refractivity contribution in [2.75, 3.05) is 17.9 Å². The number of methoxy groups -OCH3 is 1. The predicted molar refractivity (Wildman–Crippen MR) is 73.5 cm³/mol. The summed E-state index contributed by atoms with van der Waals surface area (Å²) in [5.41, 5.74) is 1.58. The minimum Gasteiger partial charge on any atom is -0.469 e. The molecule has 2 atom stereocenters. The average Bonchev–Trinajstić information content (AvgIpc) is 2.44. The Balaban J connectivity index is 2.48. The molecule has 0 aromatic heterocycles. The van der Waals surface area contributed by atoms with E-state index in [0.717, 1.165) is 11.3 Å². The lowest BCUT2D eigenvalue weighted by Crippen LogP contribution is -2.45. The van der Waals surface area contributed by atoms with Crippen molar-refractivity contribution < 1.29 is 14.3 Å². The molecule has 1 aromatic carbocycles. The van der Waals surface area contributed by atoms with Gasteiger partial charge in [-0.1, -0.05) is 18.2 Å². The van der Waals surface area contributed by atoms with Gasteiger partial charge in [0.05, 0.1) is 13.0 Å². The molecule has 1 aromatic rings. The van der Waals surface area contributed by atoms with Crippen LogP contribution in [0.1, 0.15) is 24.8 Å². The Hall–Kier alpha value is -1.55. The van der Waals surface area contributed by atoms with Gasteiger partial charge in [-0.3, -0.25) is 9.59 Å². The Kier molecular flexibility index (Phi) is 4.10. The number of hydrogen-bond donors (Lipinski definition) is 0. The van der Waals surface area contributed by atoms with Gasteiger partial charge in [0.25, 0.3) is 0 Å². The Morgan fingerprint density at radius 1 is 1.42 bits per heavy atom. The summed E-state index contributed by atoms with van der Waals surface area (Å²) in [5, 5.41) is 0. The first-order chi connectivity index (χ1) is 9.10. The van der Waals surface area contributed by atoms with Crippen molar-refractivity contribution in [2.45, 2.75) is 25.3 Å². The molecule has 0 spiro atoms. The van der Waals surface area contributed by atoms with Crippen LogP contribution in [0.2, 0.25) is 0 Å². The zero-order chi connectivity index (χ0) is 14.0. The lowest BCUT2D eigenvalue weighted by Gasteiger charge is -2.38. The first kappa shape index (κ1) is 13.9. The molecule has 0 radical (unpaired) electrons. The van der Waals surface area contributed by atoms with Gasteiger partial charge in [0.1, 0.15) is 5.88 Å². The van der Waals surface area contributed by atoms with Crippen LogP contribution in [0.4, 0.5) is 5.69 Å². The Morgan fingerprint density at radius 2 is 2.11 bits per heavy atom. The molecule has 1 amide bonds. The molecule has 4 nitrogen and oxygen atoms in total. The van der Waals surface area contributed by atoms with E-state index in [1.807, 2.05) is 31.2 Å². The summed E-state index contributed by atoms with van der Waals surface area (Å²) in [6.07, 6.45) is 0.548. The lowest BCUT2D eigenvalue weighted by atomic mass is 9.86. The summed E-state index contributed by atoms with van der Waals surface area (Å²) in [6.45, 7) is 1.91. The summed E-state index contributed by atoms with van der Waals surface area (Å²) in [6, 6.07) is 7.32. The van der Waals surface area contributed by atoms with Gasteiger partial charge in [0, 0.05) is 11.7 Å². The van der Waals surface area contributed by atoms with Crippen LogP contribution < -0.4 is 4.90 Å². The van der Waals surface area contributed by atoms with E-state index in [4.69, 9.17) is 16.3 Å². The third-order valence-corrected chi connectivity index (χ3v) is 3.69. The normalized spacial score (nSPS) is 21.7. The number of carbonyl (C=O) groups is 2. The van der Waals surface area contributed by atoms with Crippen molar-refractivity contribution in [3.63, 3.8) is 0 Å². The standard InChI is InChI=1S/C14H16ClNO3/c1-9-7-11(14(18)19-2)10-5-3-4-6-12(10)16(9)13(17)8-15/h3-6,9,11H,7-8H2,1-2H3. The number of halogens is 1.